The molecule has 0 aromatic heterocycles. The summed E-state index contributed by atoms with van der Waals surface area (Å²) in [6.07, 6.45) is 1.44. The van der Waals surface area contributed by atoms with E-state index in [0.717, 1.165) is 12.2 Å². The van der Waals surface area contributed by atoms with Gasteiger partial charge in [0.05, 0.1) is 13.0 Å². The molecule has 0 rings (SSSR count). The Morgan fingerprint density at radius 1 is 1.50 bits per heavy atom. The Kier molecular flexibility index (Phi) is 7.36. The molecule has 1 atom stereocenters. The van der Waals surface area contributed by atoms with Crippen molar-refractivity contribution in [1.82, 2.24) is 0 Å². The largest absolute Gasteiger partial charge is 0.466 e. The lowest BCUT2D eigenvalue weighted by atomic mass is 10.3. The Bertz CT molecular complexity index is 126. The Balaban J connectivity index is 3.40. The summed E-state index contributed by atoms with van der Waals surface area (Å²) in [5.74, 6) is 0.993. The van der Waals surface area contributed by atoms with Gasteiger partial charge in [0, 0.05) is 5.25 Å². The molecule has 1 unspecified atom stereocenters. The van der Waals surface area contributed by atoms with E-state index in [9.17, 15) is 4.79 Å². The van der Waals surface area contributed by atoms with E-state index in [1.807, 2.05) is 6.92 Å². The Labute approximate surface area is 79.1 Å². The monoisotopic (exact) mass is 190 g/mol. The van der Waals surface area contributed by atoms with Gasteiger partial charge in [0.2, 0.25) is 0 Å². The number of thioether (sulfide) groups is 1. The zero-order valence-electron chi connectivity index (χ0n) is 8.13. The van der Waals surface area contributed by atoms with Crippen LogP contribution in [0.3, 0.4) is 0 Å². The quantitative estimate of drug-likeness (QED) is 0.602. The maximum Gasteiger partial charge on any atom is 0.306 e. The number of hydrogen-bond donors (Lipinski definition) is 0. The molecule has 0 aliphatic carbocycles. The van der Waals surface area contributed by atoms with E-state index < -0.39 is 0 Å². The smallest absolute Gasteiger partial charge is 0.306 e. The Morgan fingerprint density at radius 2 is 2.17 bits per heavy atom. The van der Waals surface area contributed by atoms with E-state index in [1.165, 1.54) is 0 Å². The zero-order valence-corrected chi connectivity index (χ0v) is 8.95. The summed E-state index contributed by atoms with van der Waals surface area (Å²) < 4.78 is 4.96. The van der Waals surface area contributed by atoms with Gasteiger partial charge in [-0.3, -0.25) is 4.79 Å². The lowest BCUT2D eigenvalue weighted by Gasteiger charge is -2.08. The van der Waals surface area contributed by atoms with Crippen molar-refractivity contribution in [2.24, 2.45) is 0 Å². The third-order valence-electron chi connectivity index (χ3n) is 1.37. The fourth-order valence-corrected chi connectivity index (χ4v) is 1.68. The van der Waals surface area contributed by atoms with Gasteiger partial charge < -0.3 is 4.74 Å². The fourth-order valence-electron chi connectivity index (χ4n) is 0.853. The minimum atomic E-state index is -0.0645. The molecule has 0 fully saturated rings. The van der Waals surface area contributed by atoms with Crippen LogP contribution in [0.2, 0.25) is 0 Å². The lowest BCUT2D eigenvalue weighted by molar-refractivity contribution is -0.143. The summed E-state index contributed by atoms with van der Waals surface area (Å²) in [5, 5.41) is 0.388. The summed E-state index contributed by atoms with van der Waals surface area (Å²) in [4.78, 5) is 11.1. The zero-order chi connectivity index (χ0) is 9.40. The van der Waals surface area contributed by atoms with Crippen molar-refractivity contribution in [3.05, 3.63) is 0 Å². The minimum Gasteiger partial charge on any atom is -0.466 e. The van der Waals surface area contributed by atoms with Crippen LogP contribution in [0.15, 0.2) is 0 Å². The molecule has 0 aromatic rings. The van der Waals surface area contributed by atoms with Gasteiger partial charge in [0.25, 0.3) is 0 Å². The molecular formula is C9H18O2S. The van der Waals surface area contributed by atoms with Crippen LogP contribution in [-0.4, -0.2) is 23.6 Å². The van der Waals surface area contributed by atoms with Crippen LogP contribution in [-0.2, 0) is 9.53 Å². The summed E-state index contributed by atoms with van der Waals surface area (Å²) in [7, 11) is 0. The number of rotatable bonds is 6. The van der Waals surface area contributed by atoms with Gasteiger partial charge in [-0.2, -0.15) is 11.8 Å². The van der Waals surface area contributed by atoms with Gasteiger partial charge in [0.15, 0.2) is 0 Å². The molecule has 2 nitrogen and oxygen atoms in total. The van der Waals surface area contributed by atoms with Crippen LogP contribution < -0.4 is 0 Å². The molecule has 72 valence electrons. The molecule has 0 radical (unpaired) electrons. The van der Waals surface area contributed by atoms with Gasteiger partial charge in [-0.15, -0.1) is 0 Å². The third kappa shape index (κ3) is 6.53. The van der Waals surface area contributed by atoms with Crippen molar-refractivity contribution in [2.75, 3.05) is 12.4 Å². The highest BCUT2D eigenvalue weighted by Gasteiger charge is 2.08. The highest BCUT2D eigenvalue weighted by Crippen LogP contribution is 2.13. The molecule has 0 aliphatic heterocycles. The van der Waals surface area contributed by atoms with Crippen LogP contribution in [0.5, 0.6) is 0 Å². The molecule has 0 N–H and O–H groups in total. The standard InChI is InChI=1S/C9H18O2S/c1-4-6-11-9(10)7-8(3)12-5-2/h8H,4-7H2,1-3H3. The summed E-state index contributed by atoms with van der Waals surface area (Å²) >= 11 is 1.79. The minimum absolute atomic E-state index is 0.0645. The van der Waals surface area contributed by atoms with Crippen LogP contribution in [0.4, 0.5) is 0 Å². The second-order valence-electron chi connectivity index (χ2n) is 2.69. The second kappa shape index (κ2) is 7.47. The molecule has 0 aromatic carbocycles. The molecule has 0 saturated heterocycles. The van der Waals surface area contributed by atoms with Gasteiger partial charge >= 0.3 is 5.97 Å². The van der Waals surface area contributed by atoms with Crippen LogP contribution in [0.25, 0.3) is 0 Å². The first-order chi connectivity index (χ1) is 5.70. The Hall–Kier alpha value is -0.180. The van der Waals surface area contributed by atoms with Crippen LogP contribution in [0, 0.1) is 0 Å². The number of carbonyl (C=O) groups is 1. The third-order valence-corrected chi connectivity index (χ3v) is 2.44. The number of carbonyl (C=O) groups excluding carboxylic acids is 1. The van der Waals surface area contributed by atoms with Crippen molar-refractivity contribution in [2.45, 2.75) is 38.9 Å². The SMILES string of the molecule is CCCOC(=O)CC(C)SCC. The molecule has 0 spiro atoms. The topological polar surface area (TPSA) is 26.3 Å². The first kappa shape index (κ1) is 11.8. The first-order valence-electron chi connectivity index (χ1n) is 4.47. The van der Waals surface area contributed by atoms with E-state index in [4.69, 9.17) is 4.74 Å². The molecule has 0 saturated carbocycles. The average molecular weight is 190 g/mol. The molecule has 3 heteroatoms. The second-order valence-corrected chi connectivity index (χ2v) is 4.41. The summed E-state index contributed by atoms with van der Waals surface area (Å²) in [6, 6.07) is 0. The number of hydrogen-bond acceptors (Lipinski definition) is 3. The summed E-state index contributed by atoms with van der Waals surface area (Å²) in [5.41, 5.74) is 0. The van der Waals surface area contributed by atoms with Crippen molar-refractivity contribution in [3.63, 3.8) is 0 Å². The van der Waals surface area contributed by atoms with E-state index >= 15 is 0 Å². The predicted molar refractivity (Wildman–Crippen MR) is 53.5 cm³/mol. The van der Waals surface area contributed by atoms with Crippen molar-refractivity contribution in [1.29, 1.82) is 0 Å². The Morgan fingerprint density at radius 3 is 2.67 bits per heavy atom. The molecule has 0 aliphatic rings. The van der Waals surface area contributed by atoms with Crippen LogP contribution in [0.1, 0.15) is 33.6 Å². The molecule has 12 heavy (non-hydrogen) atoms. The van der Waals surface area contributed by atoms with E-state index in [1.54, 1.807) is 11.8 Å². The first-order valence-corrected chi connectivity index (χ1v) is 5.52. The van der Waals surface area contributed by atoms with Crippen LogP contribution >= 0.6 is 11.8 Å². The van der Waals surface area contributed by atoms with Gasteiger partial charge in [-0.25, -0.2) is 0 Å². The van der Waals surface area contributed by atoms with Gasteiger partial charge in [0.1, 0.15) is 0 Å². The van der Waals surface area contributed by atoms with E-state index in [-0.39, 0.29) is 5.97 Å². The number of esters is 1. The molecule has 0 heterocycles. The summed E-state index contributed by atoms with van der Waals surface area (Å²) in [6.45, 7) is 6.71. The van der Waals surface area contributed by atoms with Crippen molar-refractivity contribution in [3.8, 4) is 0 Å². The molecule has 0 bridgehead atoms. The maximum atomic E-state index is 11.1. The van der Waals surface area contributed by atoms with E-state index in [0.29, 0.717) is 18.3 Å². The van der Waals surface area contributed by atoms with Crippen molar-refractivity contribution < 1.29 is 9.53 Å². The fraction of sp³-hybridized carbons (Fsp3) is 0.889. The highest BCUT2D eigenvalue weighted by atomic mass is 32.2. The van der Waals surface area contributed by atoms with Crippen molar-refractivity contribution >= 4 is 17.7 Å². The molecular weight excluding hydrogens is 172 g/mol. The highest BCUT2D eigenvalue weighted by molar-refractivity contribution is 7.99. The predicted octanol–water partition coefficient (Wildman–Crippen LogP) is 2.47. The van der Waals surface area contributed by atoms with Gasteiger partial charge in [-0.1, -0.05) is 20.8 Å². The van der Waals surface area contributed by atoms with Gasteiger partial charge in [-0.05, 0) is 12.2 Å². The van der Waals surface area contributed by atoms with E-state index in [2.05, 4.69) is 13.8 Å². The maximum absolute atomic E-state index is 11.1. The number of ether oxygens (including phenoxy) is 1. The normalized spacial score (nSPS) is 12.6. The molecule has 0 amide bonds. The lowest BCUT2D eigenvalue weighted by Crippen LogP contribution is -2.11. The average Bonchev–Trinajstić information content (AvgIpc) is 2.01.